The molecule has 3 aromatic rings. The van der Waals surface area contributed by atoms with Crippen molar-refractivity contribution < 1.29 is 9.59 Å². The second-order valence-corrected chi connectivity index (χ2v) is 6.80. The molecule has 0 spiro atoms. The summed E-state index contributed by atoms with van der Waals surface area (Å²) in [6.45, 7) is 3.92. The zero-order chi connectivity index (χ0) is 19.6. The summed E-state index contributed by atoms with van der Waals surface area (Å²) in [5, 5.41) is 0. The first kappa shape index (κ1) is 18.6. The summed E-state index contributed by atoms with van der Waals surface area (Å²) >= 11 is 0. The van der Waals surface area contributed by atoms with Gasteiger partial charge in [-0.2, -0.15) is 0 Å². The number of carbonyl (C=O) groups excluding carboxylic acids is 2. The van der Waals surface area contributed by atoms with Crippen molar-refractivity contribution in [2.75, 3.05) is 20.6 Å². The number of amides is 2. The van der Waals surface area contributed by atoms with E-state index in [1.54, 1.807) is 25.2 Å². The Hall–Kier alpha value is -3.15. The van der Waals surface area contributed by atoms with Crippen LogP contribution in [0.15, 0.2) is 54.9 Å². The number of likely N-dealkylation sites (N-methyl/N-ethyl adjacent to an activating group) is 2. The largest absolute Gasteiger partial charge is 0.337 e. The molecule has 0 fully saturated rings. The van der Waals surface area contributed by atoms with Crippen LogP contribution in [0.1, 0.15) is 34.6 Å². The fourth-order valence-corrected chi connectivity index (χ4v) is 3.01. The first-order chi connectivity index (χ1) is 12.9. The molecule has 1 aromatic carbocycles. The molecule has 2 heterocycles. The molecular weight excluding hydrogens is 340 g/mol. The highest BCUT2D eigenvalue weighted by molar-refractivity contribution is 5.95. The van der Waals surface area contributed by atoms with Crippen molar-refractivity contribution in [3.05, 3.63) is 71.7 Å². The SMILES string of the molecule is Cc1cccn2cc(C(=O)N(C)CC(=O)N(C)C(C)c3ccccc3)nc12. The summed E-state index contributed by atoms with van der Waals surface area (Å²) in [5.74, 6) is -0.394. The number of carbonyl (C=O) groups is 2. The molecule has 1 unspecified atom stereocenters. The van der Waals surface area contributed by atoms with E-state index < -0.39 is 0 Å². The standard InChI is InChI=1S/C21H24N4O2/c1-15-9-8-12-25-13-18(22-20(15)25)21(27)23(3)14-19(26)24(4)16(2)17-10-6-5-7-11-17/h5-13,16H,14H2,1-4H3. The number of aryl methyl sites for hydroxylation is 1. The number of imidazole rings is 1. The van der Waals surface area contributed by atoms with Crippen molar-refractivity contribution in [1.29, 1.82) is 0 Å². The molecule has 6 heteroatoms. The van der Waals surface area contributed by atoms with Gasteiger partial charge in [-0.3, -0.25) is 9.59 Å². The minimum absolute atomic E-state index is 0.000634. The van der Waals surface area contributed by atoms with Gasteiger partial charge < -0.3 is 14.2 Å². The van der Waals surface area contributed by atoms with E-state index in [0.29, 0.717) is 5.69 Å². The fourth-order valence-electron chi connectivity index (χ4n) is 3.01. The second kappa shape index (κ2) is 7.61. The lowest BCUT2D eigenvalue weighted by Crippen LogP contribution is -2.40. The van der Waals surface area contributed by atoms with Crippen LogP contribution in [0.3, 0.4) is 0 Å². The Labute approximate surface area is 159 Å². The molecular formula is C21H24N4O2. The minimum atomic E-state index is -0.271. The quantitative estimate of drug-likeness (QED) is 0.699. The average Bonchev–Trinajstić information content (AvgIpc) is 3.12. The van der Waals surface area contributed by atoms with Gasteiger partial charge >= 0.3 is 0 Å². The number of pyridine rings is 1. The van der Waals surface area contributed by atoms with Crippen LogP contribution in [0.5, 0.6) is 0 Å². The molecule has 2 amide bonds. The maximum absolute atomic E-state index is 12.7. The van der Waals surface area contributed by atoms with Crippen molar-refractivity contribution in [2.24, 2.45) is 0 Å². The monoisotopic (exact) mass is 364 g/mol. The average molecular weight is 364 g/mol. The van der Waals surface area contributed by atoms with Crippen LogP contribution in [0.2, 0.25) is 0 Å². The molecule has 6 nitrogen and oxygen atoms in total. The number of rotatable bonds is 5. The van der Waals surface area contributed by atoms with E-state index >= 15 is 0 Å². The highest BCUT2D eigenvalue weighted by Crippen LogP contribution is 2.18. The lowest BCUT2D eigenvalue weighted by atomic mass is 10.1. The molecule has 0 radical (unpaired) electrons. The van der Waals surface area contributed by atoms with Gasteiger partial charge in [-0.05, 0) is 31.0 Å². The summed E-state index contributed by atoms with van der Waals surface area (Å²) in [4.78, 5) is 32.8. The van der Waals surface area contributed by atoms with Crippen LogP contribution in [0, 0.1) is 6.92 Å². The third-order valence-electron chi connectivity index (χ3n) is 4.87. The fraction of sp³-hybridized carbons (Fsp3) is 0.286. The maximum Gasteiger partial charge on any atom is 0.274 e. The molecule has 0 aliphatic heterocycles. The third-order valence-corrected chi connectivity index (χ3v) is 4.87. The summed E-state index contributed by atoms with van der Waals surface area (Å²) in [5.41, 5.74) is 3.12. The number of aromatic nitrogens is 2. The highest BCUT2D eigenvalue weighted by atomic mass is 16.2. The van der Waals surface area contributed by atoms with Crippen molar-refractivity contribution in [2.45, 2.75) is 19.9 Å². The molecule has 0 aliphatic carbocycles. The van der Waals surface area contributed by atoms with Crippen LogP contribution in [0.25, 0.3) is 5.65 Å². The van der Waals surface area contributed by atoms with E-state index in [2.05, 4.69) is 4.98 Å². The predicted molar refractivity (Wildman–Crippen MR) is 105 cm³/mol. The topological polar surface area (TPSA) is 57.9 Å². The lowest BCUT2D eigenvalue weighted by molar-refractivity contribution is -0.132. The van der Waals surface area contributed by atoms with Gasteiger partial charge in [-0.1, -0.05) is 36.4 Å². The van der Waals surface area contributed by atoms with E-state index in [4.69, 9.17) is 0 Å². The summed E-state index contributed by atoms with van der Waals surface area (Å²) in [6.07, 6.45) is 3.55. The first-order valence-corrected chi connectivity index (χ1v) is 8.89. The molecule has 0 N–H and O–H groups in total. The molecule has 0 aliphatic rings. The Morgan fingerprint density at radius 1 is 1.11 bits per heavy atom. The van der Waals surface area contributed by atoms with E-state index in [0.717, 1.165) is 16.8 Å². The van der Waals surface area contributed by atoms with Crippen LogP contribution < -0.4 is 0 Å². The number of fused-ring (bicyclic) bond motifs is 1. The molecule has 0 saturated heterocycles. The van der Waals surface area contributed by atoms with Crippen molar-refractivity contribution in [1.82, 2.24) is 19.2 Å². The molecule has 0 saturated carbocycles. The Morgan fingerprint density at radius 3 is 2.48 bits per heavy atom. The number of hydrogen-bond acceptors (Lipinski definition) is 3. The van der Waals surface area contributed by atoms with Crippen molar-refractivity contribution in [3.63, 3.8) is 0 Å². The van der Waals surface area contributed by atoms with Gasteiger partial charge in [0.25, 0.3) is 5.91 Å². The van der Waals surface area contributed by atoms with Gasteiger partial charge in [0.1, 0.15) is 11.3 Å². The van der Waals surface area contributed by atoms with Crippen LogP contribution in [0.4, 0.5) is 0 Å². The van der Waals surface area contributed by atoms with E-state index in [1.807, 2.05) is 66.9 Å². The van der Waals surface area contributed by atoms with Crippen molar-refractivity contribution in [3.8, 4) is 0 Å². The summed E-state index contributed by atoms with van der Waals surface area (Å²) in [6, 6.07) is 13.6. The molecule has 0 bridgehead atoms. The van der Waals surface area contributed by atoms with Gasteiger partial charge in [0.15, 0.2) is 0 Å². The van der Waals surface area contributed by atoms with Gasteiger partial charge in [0.05, 0.1) is 12.6 Å². The van der Waals surface area contributed by atoms with E-state index in [1.165, 1.54) is 4.90 Å². The zero-order valence-electron chi connectivity index (χ0n) is 16.1. The van der Waals surface area contributed by atoms with Crippen LogP contribution in [-0.4, -0.2) is 51.6 Å². The second-order valence-electron chi connectivity index (χ2n) is 6.80. The van der Waals surface area contributed by atoms with Gasteiger partial charge in [-0.15, -0.1) is 0 Å². The molecule has 27 heavy (non-hydrogen) atoms. The minimum Gasteiger partial charge on any atom is -0.337 e. The predicted octanol–water partition coefficient (Wildman–Crippen LogP) is 2.93. The number of hydrogen-bond donors (Lipinski definition) is 0. The van der Waals surface area contributed by atoms with E-state index in [9.17, 15) is 9.59 Å². The van der Waals surface area contributed by atoms with Crippen LogP contribution >= 0.6 is 0 Å². The summed E-state index contributed by atoms with van der Waals surface area (Å²) < 4.78 is 1.82. The van der Waals surface area contributed by atoms with Crippen molar-refractivity contribution >= 4 is 17.5 Å². The summed E-state index contributed by atoms with van der Waals surface area (Å²) in [7, 11) is 3.38. The smallest absolute Gasteiger partial charge is 0.274 e. The Balaban J connectivity index is 1.69. The van der Waals surface area contributed by atoms with Gasteiger partial charge in [0, 0.05) is 26.5 Å². The molecule has 2 aromatic heterocycles. The first-order valence-electron chi connectivity index (χ1n) is 8.89. The molecule has 1 atom stereocenters. The molecule has 3 rings (SSSR count). The van der Waals surface area contributed by atoms with E-state index in [-0.39, 0.29) is 24.4 Å². The lowest BCUT2D eigenvalue weighted by Gasteiger charge is -2.27. The maximum atomic E-state index is 12.7. The molecule has 140 valence electrons. The highest BCUT2D eigenvalue weighted by Gasteiger charge is 2.22. The number of benzene rings is 1. The third kappa shape index (κ3) is 3.84. The normalized spacial score (nSPS) is 12.0. The Bertz CT molecular complexity index is 965. The van der Waals surface area contributed by atoms with Gasteiger partial charge in [0.2, 0.25) is 5.91 Å². The Morgan fingerprint density at radius 2 is 1.81 bits per heavy atom. The van der Waals surface area contributed by atoms with Crippen LogP contribution in [-0.2, 0) is 4.79 Å². The zero-order valence-corrected chi connectivity index (χ0v) is 16.1. The van der Waals surface area contributed by atoms with Gasteiger partial charge in [-0.25, -0.2) is 4.98 Å². The Kier molecular flexibility index (Phi) is 5.26. The number of nitrogens with zero attached hydrogens (tertiary/aromatic N) is 4.